The Morgan fingerprint density at radius 1 is 1.31 bits per heavy atom. The number of hydrogen-bond donors (Lipinski definition) is 1. The number of nitrogens with zero attached hydrogens (tertiary/aromatic N) is 3. The first kappa shape index (κ1) is 17.1. The third-order valence-corrected chi connectivity index (χ3v) is 3.68. The third kappa shape index (κ3) is 3.36. The molecule has 132 valence electrons. The van der Waals surface area contributed by atoms with Crippen LogP contribution in [0.1, 0.15) is 21.6 Å². The van der Waals surface area contributed by atoms with E-state index in [0.29, 0.717) is 5.65 Å². The highest BCUT2D eigenvalue weighted by molar-refractivity contribution is 5.95. The number of esters is 1. The molecule has 0 spiro atoms. The van der Waals surface area contributed by atoms with Crippen LogP contribution < -0.4 is 11.3 Å². The summed E-state index contributed by atoms with van der Waals surface area (Å²) in [4.78, 5) is 38.6. The minimum Gasteiger partial charge on any atom is -0.456 e. The summed E-state index contributed by atoms with van der Waals surface area (Å²) < 4.78 is 6.52. The molecule has 1 aromatic carbocycles. The molecule has 26 heavy (non-hydrogen) atoms. The number of benzene rings is 1. The summed E-state index contributed by atoms with van der Waals surface area (Å²) in [7, 11) is 0. The molecule has 3 aromatic rings. The SMILES string of the molecule is Cc1ccc2nc(COC(=O)c3ccc([N+](=O)[O-])cc3N)cc(=O)n2c1. The van der Waals surface area contributed by atoms with Crippen LogP contribution in [0, 0.1) is 17.0 Å². The summed E-state index contributed by atoms with van der Waals surface area (Å²) in [5.74, 6) is -0.761. The second-order valence-electron chi connectivity index (χ2n) is 5.63. The van der Waals surface area contributed by atoms with Gasteiger partial charge in [-0.15, -0.1) is 0 Å². The predicted molar refractivity (Wildman–Crippen MR) is 92.8 cm³/mol. The predicted octanol–water partition coefficient (Wildman–Crippen LogP) is 1.85. The van der Waals surface area contributed by atoms with Crippen LogP contribution in [-0.4, -0.2) is 20.3 Å². The summed E-state index contributed by atoms with van der Waals surface area (Å²) in [6, 6.07) is 8.25. The van der Waals surface area contributed by atoms with Gasteiger partial charge in [-0.05, 0) is 24.6 Å². The minimum atomic E-state index is -0.761. The van der Waals surface area contributed by atoms with E-state index in [-0.39, 0.29) is 34.8 Å². The van der Waals surface area contributed by atoms with Gasteiger partial charge in [0.05, 0.1) is 21.9 Å². The Labute approximate surface area is 146 Å². The van der Waals surface area contributed by atoms with E-state index >= 15 is 0 Å². The van der Waals surface area contributed by atoms with Gasteiger partial charge in [-0.3, -0.25) is 19.3 Å². The average molecular weight is 354 g/mol. The van der Waals surface area contributed by atoms with Crippen molar-refractivity contribution in [1.29, 1.82) is 0 Å². The van der Waals surface area contributed by atoms with E-state index in [9.17, 15) is 19.7 Å². The van der Waals surface area contributed by atoms with Gasteiger partial charge < -0.3 is 10.5 Å². The zero-order valence-corrected chi connectivity index (χ0v) is 13.7. The van der Waals surface area contributed by atoms with Crippen LogP contribution in [0.3, 0.4) is 0 Å². The van der Waals surface area contributed by atoms with Crippen molar-refractivity contribution in [2.75, 3.05) is 5.73 Å². The number of aryl methyl sites for hydroxylation is 1. The van der Waals surface area contributed by atoms with E-state index < -0.39 is 10.9 Å². The lowest BCUT2D eigenvalue weighted by Gasteiger charge is -2.08. The molecule has 0 saturated carbocycles. The second-order valence-corrected chi connectivity index (χ2v) is 5.63. The number of nitro benzene ring substituents is 1. The molecule has 0 fully saturated rings. The maximum Gasteiger partial charge on any atom is 0.340 e. The smallest absolute Gasteiger partial charge is 0.340 e. The van der Waals surface area contributed by atoms with Gasteiger partial charge in [0.15, 0.2) is 0 Å². The topological polar surface area (TPSA) is 130 Å². The monoisotopic (exact) mass is 354 g/mol. The molecule has 0 saturated heterocycles. The number of nitro groups is 1. The first-order chi connectivity index (χ1) is 12.3. The molecule has 9 nitrogen and oxygen atoms in total. The molecule has 0 aliphatic heterocycles. The normalized spacial score (nSPS) is 10.7. The minimum absolute atomic E-state index is 0.00346. The quantitative estimate of drug-likeness (QED) is 0.327. The molecule has 2 heterocycles. The summed E-state index contributed by atoms with van der Waals surface area (Å²) >= 11 is 0. The lowest BCUT2D eigenvalue weighted by Crippen LogP contribution is -2.17. The molecule has 0 amide bonds. The van der Waals surface area contributed by atoms with Crippen LogP contribution in [0.2, 0.25) is 0 Å². The zero-order chi connectivity index (χ0) is 18.8. The van der Waals surface area contributed by atoms with Gasteiger partial charge in [-0.2, -0.15) is 0 Å². The van der Waals surface area contributed by atoms with Gasteiger partial charge in [0.25, 0.3) is 11.2 Å². The number of ether oxygens (including phenoxy) is 1. The van der Waals surface area contributed by atoms with E-state index in [2.05, 4.69) is 4.98 Å². The first-order valence-electron chi connectivity index (χ1n) is 7.55. The Morgan fingerprint density at radius 2 is 2.08 bits per heavy atom. The van der Waals surface area contributed by atoms with Crippen molar-refractivity contribution < 1.29 is 14.5 Å². The van der Waals surface area contributed by atoms with Gasteiger partial charge in [0.2, 0.25) is 0 Å². The number of hydrogen-bond acceptors (Lipinski definition) is 7. The highest BCUT2D eigenvalue weighted by Crippen LogP contribution is 2.20. The van der Waals surface area contributed by atoms with Crippen molar-refractivity contribution in [1.82, 2.24) is 9.38 Å². The van der Waals surface area contributed by atoms with Crippen LogP contribution >= 0.6 is 0 Å². The Bertz CT molecular complexity index is 1090. The van der Waals surface area contributed by atoms with E-state index in [0.717, 1.165) is 17.7 Å². The Kier molecular flexibility index (Phi) is 4.36. The summed E-state index contributed by atoms with van der Waals surface area (Å²) in [5.41, 5.74) is 6.72. The molecule has 9 heteroatoms. The number of rotatable bonds is 4. The van der Waals surface area contributed by atoms with Crippen LogP contribution in [0.15, 0.2) is 47.4 Å². The number of non-ortho nitro benzene ring substituents is 1. The number of pyridine rings is 1. The molecule has 0 unspecified atom stereocenters. The van der Waals surface area contributed by atoms with Crippen molar-refractivity contribution in [2.45, 2.75) is 13.5 Å². The number of anilines is 1. The van der Waals surface area contributed by atoms with Crippen molar-refractivity contribution in [3.05, 3.63) is 79.9 Å². The molecule has 3 rings (SSSR count). The number of fused-ring (bicyclic) bond motifs is 1. The third-order valence-electron chi connectivity index (χ3n) is 3.68. The highest BCUT2D eigenvalue weighted by Gasteiger charge is 2.16. The highest BCUT2D eigenvalue weighted by atomic mass is 16.6. The largest absolute Gasteiger partial charge is 0.456 e. The van der Waals surface area contributed by atoms with Gasteiger partial charge >= 0.3 is 5.97 Å². The average Bonchev–Trinajstić information content (AvgIpc) is 2.60. The number of nitrogens with two attached hydrogens (primary N) is 1. The van der Waals surface area contributed by atoms with Crippen LogP contribution in [0.5, 0.6) is 0 Å². The molecule has 0 aliphatic rings. The van der Waals surface area contributed by atoms with E-state index in [1.54, 1.807) is 12.3 Å². The van der Waals surface area contributed by atoms with Crippen LogP contribution in [0.4, 0.5) is 11.4 Å². The number of aromatic nitrogens is 2. The molecular formula is C17H14N4O5. The Hall–Kier alpha value is -3.75. The molecule has 2 aromatic heterocycles. The number of carbonyl (C=O) groups is 1. The summed E-state index contributed by atoms with van der Waals surface area (Å²) in [5, 5.41) is 10.7. The Morgan fingerprint density at radius 3 is 2.77 bits per heavy atom. The molecular weight excluding hydrogens is 340 g/mol. The maximum atomic E-state index is 12.1. The van der Waals surface area contributed by atoms with Gasteiger partial charge in [0.1, 0.15) is 12.3 Å². The number of nitrogen functional groups attached to an aromatic ring is 1. The fourth-order valence-electron chi connectivity index (χ4n) is 2.40. The molecule has 0 bridgehead atoms. The van der Waals surface area contributed by atoms with Crippen molar-refractivity contribution in [2.24, 2.45) is 0 Å². The lowest BCUT2D eigenvalue weighted by atomic mass is 10.1. The van der Waals surface area contributed by atoms with Gasteiger partial charge in [-0.25, -0.2) is 9.78 Å². The summed E-state index contributed by atoms with van der Waals surface area (Å²) in [6.45, 7) is 1.63. The van der Waals surface area contributed by atoms with Gasteiger partial charge in [0, 0.05) is 24.4 Å². The van der Waals surface area contributed by atoms with Crippen molar-refractivity contribution in [3.8, 4) is 0 Å². The molecule has 0 atom stereocenters. The van der Waals surface area contributed by atoms with Gasteiger partial charge in [-0.1, -0.05) is 6.07 Å². The first-order valence-corrected chi connectivity index (χ1v) is 7.55. The van der Waals surface area contributed by atoms with E-state index in [4.69, 9.17) is 10.5 Å². The zero-order valence-electron chi connectivity index (χ0n) is 13.7. The molecule has 2 N–H and O–H groups in total. The molecule has 0 radical (unpaired) electrons. The Balaban J connectivity index is 1.80. The fourth-order valence-corrected chi connectivity index (χ4v) is 2.40. The van der Waals surface area contributed by atoms with E-state index in [1.165, 1.54) is 16.5 Å². The summed E-state index contributed by atoms with van der Waals surface area (Å²) in [6.07, 6.45) is 1.66. The van der Waals surface area contributed by atoms with Crippen molar-refractivity contribution >= 4 is 23.0 Å². The number of carbonyl (C=O) groups excluding carboxylic acids is 1. The van der Waals surface area contributed by atoms with Crippen molar-refractivity contribution in [3.63, 3.8) is 0 Å². The lowest BCUT2D eigenvalue weighted by molar-refractivity contribution is -0.384. The molecule has 0 aliphatic carbocycles. The van der Waals surface area contributed by atoms with Crippen LogP contribution in [-0.2, 0) is 11.3 Å². The van der Waals surface area contributed by atoms with Crippen LogP contribution in [0.25, 0.3) is 5.65 Å². The standard InChI is InChI=1S/C17H14N4O5/c1-10-2-5-15-19-11(6-16(22)20(15)8-10)9-26-17(23)13-4-3-12(21(24)25)7-14(13)18/h2-8H,9,18H2,1H3. The fraction of sp³-hybridized carbons (Fsp3) is 0.118. The van der Waals surface area contributed by atoms with E-state index in [1.807, 2.05) is 13.0 Å². The maximum absolute atomic E-state index is 12.1. The second kappa shape index (κ2) is 6.63.